The molecule has 2 aromatic carbocycles. The van der Waals surface area contributed by atoms with Crippen LogP contribution in [0.15, 0.2) is 46.9 Å². The van der Waals surface area contributed by atoms with Crippen molar-refractivity contribution in [1.29, 1.82) is 0 Å². The maximum absolute atomic E-state index is 12.8. The van der Waals surface area contributed by atoms with Gasteiger partial charge in [0.25, 0.3) is 5.91 Å². The molecule has 1 aromatic heterocycles. The zero-order valence-electron chi connectivity index (χ0n) is 17.8. The molecule has 3 rings (SSSR count). The van der Waals surface area contributed by atoms with Crippen LogP contribution in [-0.2, 0) is 22.2 Å². The zero-order chi connectivity index (χ0) is 21.9. The summed E-state index contributed by atoms with van der Waals surface area (Å²) in [4.78, 5) is 12.8. The smallest absolute Gasteiger partial charge is 0.291 e. The molecule has 6 nitrogen and oxygen atoms in total. The normalized spacial score (nSPS) is 11.9. The van der Waals surface area contributed by atoms with Crippen molar-refractivity contribution < 1.29 is 17.6 Å². The summed E-state index contributed by atoms with van der Waals surface area (Å²) in [6.45, 7) is 8.23. The average molecular weight is 429 g/mol. The van der Waals surface area contributed by atoms with Gasteiger partial charge in [0.2, 0.25) is 10.0 Å². The van der Waals surface area contributed by atoms with Gasteiger partial charge in [-0.3, -0.25) is 4.79 Å². The zero-order valence-corrected chi connectivity index (χ0v) is 18.6. The fourth-order valence-electron chi connectivity index (χ4n) is 3.20. The lowest BCUT2D eigenvalue weighted by atomic mass is 10.1. The number of furan rings is 1. The van der Waals surface area contributed by atoms with Crippen LogP contribution in [0.3, 0.4) is 0 Å². The molecule has 7 heteroatoms. The van der Waals surface area contributed by atoms with Gasteiger partial charge in [-0.05, 0) is 54.7 Å². The minimum absolute atomic E-state index is 0.146. The summed E-state index contributed by atoms with van der Waals surface area (Å²) in [7, 11) is -3.44. The Morgan fingerprint density at radius 1 is 1.10 bits per heavy atom. The summed E-state index contributed by atoms with van der Waals surface area (Å²) < 4.78 is 32.9. The number of sulfonamides is 1. The Bertz CT molecular complexity index is 1160. The fourth-order valence-corrected chi connectivity index (χ4v) is 4.50. The summed E-state index contributed by atoms with van der Waals surface area (Å²) in [6, 6.07) is 12.8. The summed E-state index contributed by atoms with van der Waals surface area (Å²) in [5, 5.41) is 3.74. The fraction of sp³-hybridized carbons (Fsp3) is 0.348. The second-order valence-corrected chi connectivity index (χ2v) is 9.70. The summed E-state index contributed by atoms with van der Waals surface area (Å²) in [5.41, 5.74) is 3.75. The molecule has 0 atom stereocenters. The lowest BCUT2D eigenvalue weighted by Crippen LogP contribution is -2.28. The van der Waals surface area contributed by atoms with E-state index in [9.17, 15) is 13.2 Å². The lowest BCUT2D eigenvalue weighted by Gasteiger charge is -2.10. The number of nitrogens with one attached hydrogen (secondary N) is 2. The van der Waals surface area contributed by atoms with Gasteiger partial charge in [0, 0.05) is 23.2 Å². The van der Waals surface area contributed by atoms with Gasteiger partial charge in [0.05, 0.1) is 5.75 Å². The monoisotopic (exact) mass is 428 g/mol. The van der Waals surface area contributed by atoms with Crippen molar-refractivity contribution >= 4 is 32.6 Å². The number of benzene rings is 2. The van der Waals surface area contributed by atoms with Crippen LogP contribution in [0.25, 0.3) is 11.0 Å². The topological polar surface area (TPSA) is 88.4 Å². The van der Waals surface area contributed by atoms with E-state index in [1.54, 1.807) is 24.3 Å². The van der Waals surface area contributed by atoms with Crippen LogP contribution in [0.5, 0.6) is 0 Å². The first-order valence-electron chi connectivity index (χ1n) is 10.1. The number of hydrogen-bond donors (Lipinski definition) is 2. The van der Waals surface area contributed by atoms with Gasteiger partial charge in [-0.1, -0.05) is 39.0 Å². The Labute approximate surface area is 177 Å². The molecule has 1 heterocycles. The Morgan fingerprint density at radius 3 is 2.57 bits per heavy atom. The molecule has 0 aliphatic heterocycles. The SMILES string of the molecule is CCc1ccc2oc(C(=O)Nc3cccc(CS(=O)(=O)NCC(C)C)c3)c(C)c2c1. The Hall–Kier alpha value is -2.64. The van der Waals surface area contributed by atoms with Crippen LogP contribution in [0.4, 0.5) is 5.69 Å². The first-order chi connectivity index (χ1) is 14.2. The molecular weight excluding hydrogens is 400 g/mol. The van der Waals surface area contributed by atoms with Crippen molar-refractivity contribution in [2.75, 3.05) is 11.9 Å². The van der Waals surface area contributed by atoms with Crippen molar-refractivity contribution in [3.8, 4) is 0 Å². The average Bonchev–Trinajstić information content (AvgIpc) is 3.02. The van der Waals surface area contributed by atoms with Crippen molar-refractivity contribution in [3.63, 3.8) is 0 Å². The maximum Gasteiger partial charge on any atom is 0.291 e. The van der Waals surface area contributed by atoms with E-state index in [1.807, 2.05) is 39.0 Å². The van der Waals surface area contributed by atoms with E-state index in [0.717, 1.165) is 17.4 Å². The van der Waals surface area contributed by atoms with Crippen molar-refractivity contribution in [2.45, 2.75) is 39.9 Å². The Balaban J connectivity index is 1.77. The Morgan fingerprint density at radius 2 is 1.87 bits per heavy atom. The highest BCUT2D eigenvalue weighted by atomic mass is 32.2. The van der Waals surface area contributed by atoms with E-state index in [1.165, 1.54) is 5.56 Å². The predicted molar refractivity (Wildman–Crippen MR) is 120 cm³/mol. The highest BCUT2D eigenvalue weighted by molar-refractivity contribution is 7.88. The van der Waals surface area contributed by atoms with Gasteiger partial charge in [-0.15, -0.1) is 0 Å². The molecule has 1 amide bonds. The third-order valence-electron chi connectivity index (χ3n) is 4.87. The number of fused-ring (bicyclic) bond motifs is 1. The number of rotatable bonds is 8. The molecule has 0 aliphatic carbocycles. The number of amides is 1. The summed E-state index contributed by atoms with van der Waals surface area (Å²) in [6.07, 6.45) is 0.907. The van der Waals surface area contributed by atoms with E-state index >= 15 is 0 Å². The van der Waals surface area contributed by atoms with Gasteiger partial charge in [0.15, 0.2) is 5.76 Å². The second kappa shape index (κ2) is 9.02. The van der Waals surface area contributed by atoms with Crippen LogP contribution >= 0.6 is 0 Å². The highest BCUT2D eigenvalue weighted by Gasteiger charge is 2.19. The molecule has 0 unspecified atom stereocenters. The molecule has 0 aliphatic rings. The minimum Gasteiger partial charge on any atom is -0.451 e. The van der Waals surface area contributed by atoms with Crippen molar-refractivity contribution in [1.82, 2.24) is 4.72 Å². The van der Waals surface area contributed by atoms with E-state index in [-0.39, 0.29) is 23.3 Å². The summed E-state index contributed by atoms with van der Waals surface area (Å²) >= 11 is 0. The second-order valence-electron chi connectivity index (χ2n) is 7.90. The number of carbonyl (C=O) groups is 1. The first-order valence-corrected chi connectivity index (χ1v) is 11.7. The molecular formula is C23H28N2O4S. The molecule has 0 saturated carbocycles. The first kappa shape index (κ1) is 22.1. The summed E-state index contributed by atoms with van der Waals surface area (Å²) in [5.74, 6) is -0.0206. The van der Waals surface area contributed by atoms with E-state index in [0.29, 0.717) is 23.4 Å². The molecule has 0 fully saturated rings. The number of hydrogen-bond acceptors (Lipinski definition) is 4. The molecule has 160 valence electrons. The van der Waals surface area contributed by atoms with Crippen LogP contribution in [0, 0.1) is 12.8 Å². The molecule has 3 aromatic rings. The van der Waals surface area contributed by atoms with Crippen LogP contribution in [0.2, 0.25) is 0 Å². The number of aryl methyl sites for hydroxylation is 2. The molecule has 0 spiro atoms. The lowest BCUT2D eigenvalue weighted by molar-refractivity contribution is 0.0998. The van der Waals surface area contributed by atoms with Crippen LogP contribution in [0.1, 0.15) is 48.0 Å². The molecule has 0 bridgehead atoms. The van der Waals surface area contributed by atoms with Gasteiger partial charge < -0.3 is 9.73 Å². The Kier molecular flexibility index (Phi) is 6.63. The van der Waals surface area contributed by atoms with Crippen LogP contribution < -0.4 is 10.0 Å². The molecule has 0 radical (unpaired) electrons. The van der Waals surface area contributed by atoms with E-state index < -0.39 is 10.0 Å². The molecule has 30 heavy (non-hydrogen) atoms. The van der Waals surface area contributed by atoms with Gasteiger partial charge in [0.1, 0.15) is 5.58 Å². The third-order valence-corrected chi connectivity index (χ3v) is 6.19. The quantitative estimate of drug-likeness (QED) is 0.547. The molecule has 2 N–H and O–H groups in total. The minimum atomic E-state index is -3.44. The highest BCUT2D eigenvalue weighted by Crippen LogP contribution is 2.27. The maximum atomic E-state index is 12.8. The number of carbonyl (C=O) groups excluding carboxylic acids is 1. The molecule has 0 saturated heterocycles. The van der Waals surface area contributed by atoms with E-state index in [2.05, 4.69) is 17.0 Å². The van der Waals surface area contributed by atoms with E-state index in [4.69, 9.17) is 4.42 Å². The largest absolute Gasteiger partial charge is 0.451 e. The van der Waals surface area contributed by atoms with Gasteiger partial charge in [-0.2, -0.15) is 0 Å². The van der Waals surface area contributed by atoms with Gasteiger partial charge >= 0.3 is 0 Å². The van der Waals surface area contributed by atoms with Crippen molar-refractivity contribution in [2.24, 2.45) is 5.92 Å². The van der Waals surface area contributed by atoms with Gasteiger partial charge in [-0.25, -0.2) is 13.1 Å². The third kappa shape index (κ3) is 5.29. The predicted octanol–water partition coefficient (Wildman–Crippen LogP) is 4.63. The van der Waals surface area contributed by atoms with Crippen molar-refractivity contribution in [3.05, 3.63) is 64.9 Å². The van der Waals surface area contributed by atoms with Crippen LogP contribution in [-0.4, -0.2) is 20.9 Å². The number of anilines is 1. The standard InChI is InChI=1S/C23H28N2O4S/c1-5-17-9-10-21-20(12-17)16(4)22(29-21)23(26)25-19-8-6-7-18(11-19)14-30(27,28)24-13-15(2)3/h6-12,15,24H,5,13-14H2,1-4H3,(H,25,26).